The van der Waals surface area contributed by atoms with Crippen molar-refractivity contribution in [1.82, 2.24) is 56.3 Å². The molecule has 4 saturated heterocycles. The number of aliphatic hydroxyl groups is 8. The Kier molecular flexibility index (Phi) is 24.2. The standard InChI is InChI=1S/C66H82N12O21S2/c1-34-29-77-56(57(34)87)62(92)68-28-42(82)26-46(69-58(88)38-11-9-37(10-12-38)47-31-78-66(70-47)100-63(74-78)39-13-15-44(16-14-39)98-45-19-22-75(23-20-45)41-6-4-3-5-7-41)59(89)71-53(35(2)81)64(93)76-30-43(83)27-48(76)60(90)72-54(51(86)24-36-8-17-49(84)52(25-36)99-101(95,96)97)61(91)73-55(65(77)94)50(85)18-21-67-40(32-79)33-80/h3-17,25,31,34-35,40,42-43,45-46,48,50-51,53-57,67,79-87H,18-24,26-30,32-33H2,1-2H3,(H,68,92)(H,69,88)(H,71,89)(H,72,90)(H,73,91)(H,95,96,97)/t34-,35+,42+,43+,46-,48-,50+,51+,53-,54-,55-,56?,57-/m0/s1. The van der Waals surface area contributed by atoms with Crippen molar-refractivity contribution >= 4 is 73.7 Å². The quantitative estimate of drug-likeness (QED) is 0.0347. The van der Waals surface area contributed by atoms with Crippen LogP contribution in [0.3, 0.4) is 0 Å². The Balaban J connectivity index is 0.890. The summed E-state index contributed by atoms with van der Waals surface area (Å²) in [5.74, 6) is -10.1. The maximum absolute atomic E-state index is 15.0. The van der Waals surface area contributed by atoms with Gasteiger partial charge >= 0.3 is 10.4 Å². The second-order valence-electron chi connectivity index (χ2n) is 25.6. The number of nitrogens with zero attached hydrogens (tertiary/aromatic N) is 6. The van der Waals surface area contributed by atoms with Gasteiger partial charge in [0.2, 0.25) is 40.4 Å². The Bertz CT molecular complexity index is 4000. The predicted molar refractivity (Wildman–Crippen MR) is 360 cm³/mol. The van der Waals surface area contributed by atoms with Crippen LogP contribution in [0.15, 0.2) is 103 Å². The van der Waals surface area contributed by atoms with Gasteiger partial charge in [0, 0.05) is 93.1 Å². The molecule has 4 aromatic carbocycles. The first-order chi connectivity index (χ1) is 48.1. The topological polar surface area (TPSA) is 486 Å². The highest BCUT2D eigenvalue weighted by Crippen LogP contribution is 2.33. The van der Waals surface area contributed by atoms with Gasteiger partial charge in [-0.25, -0.2) is 9.50 Å². The van der Waals surface area contributed by atoms with Crippen molar-refractivity contribution in [2.45, 2.75) is 137 Å². The summed E-state index contributed by atoms with van der Waals surface area (Å²) in [5.41, 5.74) is 3.00. The number of aromatic nitrogens is 3. The van der Waals surface area contributed by atoms with Crippen molar-refractivity contribution < 1.29 is 101 Å². The van der Waals surface area contributed by atoms with Crippen LogP contribution in [-0.2, 0) is 45.6 Å². The minimum absolute atomic E-state index is 0.00932. The molecule has 35 heteroatoms. The molecule has 10 rings (SSSR count). The number of hydrogen-bond donors (Lipinski definition) is 16. The highest BCUT2D eigenvalue weighted by atomic mass is 32.3. The highest BCUT2D eigenvalue weighted by molar-refractivity contribution is 7.81. The number of β-amino-alcohol motifs (C(OH)–C–C–N with tert-alkyl or cyclic N) is 1. The van der Waals surface area contributed by atoms with E-state index in [9.17, 15) is 92.5 Å². The maximum atomic E-state index is 15.0. The average molecular weight is 1440 g/mol. The zero-order valence-corrected chi connectivity index (χ0v) is 56.5. The predicted octanol–water partition coefficient (Wildman–Crippen LogP) is -2.66. The van der Waals surface area contributed by atoms with E-state index in [-0.39, 0.29) is 23.8 Å². The lowest BCUT2D eigenvalue weighted by Gasteiger charge is -2.34. The zero-order chi connectivity index (χ0) is 72.6. The molecular formula is C66H82N12O21S2. The Hall–Kier alpha value is -8.98. The number of rotatable bonds is 20. The monoisotopic (exact) mass is 1440 g/mol. The molecule has 4 aliphatic heterocycles. The van der Waals surface area contributed by atoms with Gasteiger partial charge in [-0.15, -0.1) is 0 Å². The van der Waals surface area contributed by atoms with E-state index < -0.39 is 207 Å². The molecule has 13 atom stereocenters. The summed E-state index contributed by atoms with van der Waals surface area (Å²) in [6.45, 7) is 1.22. The van der Waals surface area contributed by atoms with Gasteiger partial charge in [0.05, 0.1) is 67.8 Å². The number of phenolic OH excluding ortho intramolecular Hbond substituents is 1. The summed E-state index contributed by atoms with van der Waals surface area (Å²) in [6.07, 6.45) is -9.69. The first-order valence-electron chi connectivity index (χ1n) is 32.8. The first kappa shape index (κ1) is 74.7. The number of aromatic hydroxyl groups is 1. The van der Waals surface area contributed by atoms with Crippen LogP contribution in [-0.4, -0.2) is 262 Å². The minimum atomic E-state index is -5.25. The fourth-order valence-corrected chi connectivity index (χ4v) is 13.9. The number of piperidine rings is 1. The van der Waals surface area contributed by atoms with Crippen LogP contribution in [0.2, 0.25) is 0 Å². The van der Waals surface area contributed by atoms with Crippen LogP contribution in [0.4, 0.5) is 5.69 Å². The van der Waals surface area contributed by atoms with Gasteiger partial charge in [0.25, 0.3) is 5.91 Å². The molecule has 16 N–H and O–H groups in total. The molecule has 101 heavy (non-hydrogen) atoms. The number of benzene rings is 4. The summed E-state index contributed by atoms with van der Waals surface area (Å²) in [6, 6.07) is 14.2. The Labute approximate surface area is 583 Å². The van der Waals surface area contributed by atoms with Crippen LogP contribution >= 0.6 is 11.3 Å². The Morgan fingerprint density at radius 1 is 0.762 bits per heavy atom. The van der Waals surface area contributed by atoms with Crippen LogP contribution in [0.25, 0.3) is 26.8 Å². The lowest BCUT2D eigenvalue weighted by Crippen LogP contribution is -2.64. The number of carbonyl (C=O) groups is 7. The third-order valence-electron chi connectivity index (χ3n) is 18.2. The number of para-hydroxylation sites is 1. The van der Waals surface area contributed by atoms with E-state index in [0.29, 0.717) is 21.2 Å². The fourth-order valence-electron chi connectivity index (χ4n) is 12.7. The van der Waals surface area contributed by atoms with Crippen molar-refractivity contribution in [1.29, 1.82) is 0 Å². The molecule has 7 amide bonds. The van der Waals surface area contributed by atoms with Crippen LogP contribution in [0.1, 0.15) is 61.9 Å². The van der Waals surface area contributed by atoms with Gasteiger partial charge in [-0.05, 0) is 86.1 Å². The molecule has 0 spiro atoms. The summed E-state index contributed by atoms with van der Waals surface area (Å²) in [7, 11) is -5.25. The highest BCUT2D eigenvalue weighted by Gasteiger charge is 2.50. The van der Waals surface area contributed by atoms with E-state index >= 15 is 0 Å². The van der Waals surface area contributed by atoms with Gasteiger partial charge in [0.15, 0.2) is 11.5 Å². The molecule has 6 heterocycles. The molecule has 33 nitrogen and oxygen atoms in total. The summed E-state index contributed by atoms with van der Waals surface area (Å²) in [5, 5.41) is 119. The molecule has 6 aromatic rings. The molecule has 1 unspecified atom stereocenters. The Morgan fingerprint density at radius 2 is 1.43 bits per heavy atom. The van der Waals surface area contributed by atoms with E-state index in [2.05, 4.69) is 53.1 Å². The molecular weight excluding hydrogens is 1360 g/mol. The minimum Gasteiger partial charge on any atom is -0.504 e. The number of amides is 7. The van der Waals surface area contributed by atoms with E-state index in [1.807, 2.05) is 42.5 Å². The Morgan fingerprint density at radius 3 is 2.09 bits per heavy atom. The maximum Gasteiger partial charge on any atom is 0.446 e. The molecule has 0 saturated carbocycles. The number of anilines is 1. The number of ether oxygens (including phenoxy) is 1. The van der Waals surface area contributed by atoms with Crippen molar-refractivity contribution in [2.75, 3.05) is 57.4 Å². The van der Waals surface area contributed by atoms with E-state index in [1.165, 1.54) is 36.1 Å². The van der Waals surface area contributed by atoms with Crippen LogP contribution in [0.5, 0.6) is 17.2 Å². The van der Waals surface area contributed by atoms with Gasteiger partial charge in [-0.3, -0.25) is 38.1 Å². The first-order valence-corrected chi connectivity index (χ1v) is 35.0. The fraction of sp³-hybridized carbons (Fsp3) is 0.470. The lowest BCUT2D eigenvalue weighted by atomic mass is 9.98. The molecule has 544 valence electrons. The number of fused-ring (bicyclic) bond motifs is 3. The van der Waals surface area contributed by atoms with E-state index in [1.54, 1.807) is 22.8 Å². The summed E-state index contributed by atoms with van der Waals surface area (Å²) >= 11 is 1.35. The van der Waals surface area contributed by atoms with Crippen molar-refractivity contribution in [2.24, 2.45) is 5.92 Å². The molecule has 0 bridgehead atoms. The third kappa shape index (κ3) is 18.4. The molecule has 0 radical (unpaired) electrons. The largest absolute Gasteiger partial charge is 0.504 e. The van der Waals surface area contributed by atoms with Crippen molar-refractivity contribution in [3.8, 4) is 39.1 Å². The number of phenols is 1. The summed E-state index contributed by atoms with van der Waals surface area (Å²) in [4.78, 5) is 112. The van der Waals surface area contributed by atoms with Crippen LogP contribution in [0, 0.1) is 5.92 Å². The number of imidazole rings is 1. The molecule has 2 aromatic heterocycles. The van der Waals surface area contributed by atoms with Gasteiger partial charge < -0.3 is 101 Å². The lowest BCUT2D eigenvalue weighted by molar-refractivity contribution is -0.147. The molecule has 0 aliphatic carbocycles. The summed E-state index contributed by atoms with van der Waals surface area (Å²) < 4.78 is 45.1. The number of nitrogens with one attached hydrogen (secondary N) is 6. The second kappa shape index (κ2) is 32.8. The number of aliphatic hydroxyl groups excluding tert-OH is 8. The number of hydrogen-bond acceptors (Lipinski definition) is 25. The molecule has 4 fully saturated rings. The normalized spacial score (nSPS) is 24.9. The average Bonchev–Trinajstić information content (AvgIpc) is 1.66. The smallest absolute Gasteiger partial charge is 0.446 e. The van der Waals surface area contributed by atoms with E-state index in [4.69, 9.17) is 14.8 Å². The number of carbonyl (C=O) groups excluding carboxylic acids is 7. The van der Waals surface area contributed by atoms with Crippen molar-refractivity contribution in [3.05, 3.63) is 114 Å². The molecule has 4 aliphatic rings. The third-order valence-corrected chi connectivity index (χ3v) is 19.5. The van der Waals surface area contributed by atoms with Gasteiger partial charge in [-0.2, -0.15) is 13.5 Å². The van der Waals surface area contributed by atoms with Crippen LogP contribution < -0.4 is 45.7 Å². The second-order valence-corrected chi connectivity index (χ2v) is 27.6. The van der Waals surface area contributed by atoms with Gasteiger partial charge in [-0.1, -0.05) is 54.7 Å². The SMILES string of the molecule is C[C@@H](O)[C@@H]1NC(=O)[C@@H](NC(=O)c2ccc(-c3cn4nc(-c5ccc(OC6CCN(c7ccccc7)CC6)cc5)sc4n3)cc2)C[C@@H](O)CNC(=O)C2[C@@H](O)[C@@H](C)CN2C(=O)[C@H]([C@H](O)CCNC(CO)CO)NC(=O)[C@H]([C@H](O)Cc2ccc(O)c(OS(=O)(=O)O)c2)NC(=O)[C@@H]2C[C@@H](O)CN2C1=O. The van der Waals surface area contributed by atoms with E-state index in [0.717, 1.165) is 72.2 Å². The van der Waals surface area contributed by atoms with Crippen molar-refractivity contribution in [3.63, 3.8) is 0 Å². The van der Waals surface area contributed by atoms with Gasteiger partial charge in [0.1, 0.15) is 53.1 Å². The zero-order valence-electron chi connectivity index (χ0n) is 54.8.